The third-order valence-electron chi connectivity index (χ3n) is 2.66. The molecule has 0 aliphatic heterocycles. The van der Waals surface area contributed by atoms with E-state index in [0.717, 1.165) is 0 Å². The number of anilines is 1. The molecule has 0 aliphatic rings. The number of hydrogen-bond donors (Lipinski definition) is 1. The van der Waals surface area contributed by atoms with E-state index in [-0.39, 0.29) is 23.4 Å². The van der Waals surface area contributed by atoms with Crippen LogP contribution in [0.25, 0.3) is 0 Å². The molecule has 110 valence electrons. The van der Waals surface area contributed by atoms with Gasteiger partial charge in [0.05, 0.1) is 17.3 Å². The molecule has 2 rings (SSSR count). The van der Waals surface area contributed by atoms with Crippen molar-refractivity contribution < 1.29 is 14.0 Å². The van der Waals surface area contributed by atoms with Gasteiger partial charge in [-0.2, -0.15) is 0 Å². The van der Waals surface area contributed by atoms with Gasteiger partial charge >= 0.3 is 0 Å². The third-order valence-corrected chi connectivity index (χ3v) is 3.19. The molecule has 0 atom stereocenters. The molecule has 0 unspecified atom stereocenters. The maximum Gasteiger partial charge on any atom is 0.289 e. The number of hydrogen-bond acceptors (Lipinski definition) is 3. The molecule has 0 radical (unpaired) electrons. The molecule has 21 heavy (non-hydrogen) atoms. The number of nitrogens with one attached hydrogen (secondary N) is 1. The first kappa shape index (κ1) is 15.4. The van der Waals surface area contributed by atoms with Crippen LogP contribution in [0.3, 0.4) is 0 Å². The van der Waals surface area contributed by atoms with Gasteiger partial charge in [-0.3, -0.25) is 9.59 Å². The number of carbonyl (C=O) groups is 2. The summed E-state index contributed by atoms with van der Waals surface area (Å²) in [4.78, 5) is 25.1. The highest BCUT2D eigenvalue weighted by Crippen LogP contribution is 2.20. The van der Waals surface area contributed by atoms with Crippen molar-refractivity contribution in [3.05, 3.63) is 52.4 Å². The molecule has 0 saturated carbocycles. The lowest BCUT2D eigenvalue weighted by Crippen LogP contribution is -2.34. The Kier molecular flexibility index (Phi) is 4.88. The molecule has 0 saturated heterocycles. The van der Waals surface area contributed by atoms with Gasteiger partial charge in [-0.1, -0.05) is 23.7 Å². The Balaban J connectivity index is 1.96. The van der Waals surface area contributed by atoms with E-state index in [1.165, 1.54) is 24.1 Å². The van der Waals surface area contributed by atoms with Gasteiger partial charge in [-0.15, -0.1) is 0 Å². The zero-order valence-corrected chi connectivity index (χ0v) is 12.6. The molecule has 0 aliphatic carbocycles. The molecule has 0 bridgehead atoms. The Bertz CT molecular complexity index is 670. The van der Waals surface area contributed by atoms with Crippen LogP contribution in [0.1, 0.15) is 10.6 Å². The summed E-state index contributed by atoms with van der Waals surface area (Å²) >= 11 is 11.5. The topological polar surface area (TPSA) is 62.6 Å². The molecule has 1 aromatic heterocycles. The van der Waals surface area contributed by atoms with E-state index in [0.29, 0.717) is 10.7 Å². The van der Waals surface area contributed by atoms with E-state index in [4.69, 9.17) is 27.6 Å². The molecule has 0 spiro atoms. The van der Waals surface area contributed by atoms with E-state index in [1.807, 2.05) is 0 Å². The minimum atomic E-state index is -0.434. The standard InChI is InChI=1S/C14H12Cl2N2O3/c1-18(14(20)11-6-7-12(16)21-11)8-13(19)17-10-5-3-2-4-9(10)15/h2-7H,8H2,1H3,(H,17,19). The van der Waals surface area contributed by atoms with Crippen LogP contribution in [-0.2, 0) is 4.79 Å². The quantitative estimate of drug-likeness (QED) is 0.937. The van der Waals surface area contributed by atoms with E-state index in [9.17, 15) is 9.59 Å². The maximum absolute atomic E-state index is 12.0. The minimum absolute atomic E-state index is 0.0769. The highest BCUT2D eigenvalue weighted by molar-refractivity contribution is 6.33. The summed E-state index contributed by atoms with van der Waals surface area (Å²) in [6.07, 6.45) is 0. The minimum Gasteiger partial charge on any atom is -0.440 e. The predicted molar refractivity (Wildman–Crippen MR) is 80.8 cm³/mol. The Morgan fingerprint density at radius 2 is 1.90 bits per heavy atom. The number of halogens is 2. The van der Waals surface area contributed by atoms with E-state index >= 15 is 0 Å². The zero-order valence-electron chi connectivity index (χ0n) is 11.1. The molecule has 7 heteroatoms. The van der Waals surface area contributed by atoms with Gasteiger partial charge < -0.3 is 14.6 Å². The van der Waals surface area contributed by atoms with Gasteiger partial charge in [0.25, 0.3) is 5.91 Å². The second kappa shape index (κ2) is 6.65. The van der Waals surface area contributed by atoms with Crippen LogP contribution in [0.15, 0.2) is 40.8 Å². The lowest BCUT2D eigenvalue weighted by Gasteiger charge is -2.15. The van der Waals surface area contributed by atoms with Crippen molar-refractivity contribution in [2.24, 2.45) is 0 Å². The van der Waals surface area contributed by atoms with Crippen LogP contribution in [0.5, 0.6) is 0 Å². The highest BCUT2D eigenvalue weighted by atomic mass is 35.5. The lowest BCUT2D eigenvalue weighted by atomic mass is 10.3. The van der Waals surface area contributed by atoms with Crippen LogP contribution < -0.4 is 5.32 Å². The fourth-order valence-electron chi connectivity index (χ4n) is 1.66. The van der Waals surface area contributed by atoms with Gasteiger partial charge in [0, 0.05) is 7.05 Å². The summed E-state index contributed by atoms with van der Waals surface area (Å²) in [6.45, 7) is -0.137. The first-order valence-corrected chi connectivity index (χ1v) is 6.78. The molecule has 0 fully saturated rings. The number of amides is 2. The Hall–Kier alpha value is -1.98. The number of likely N-dealkylation sites (N-methyl/N-ethyl adjacent to an activating group) is 1. The van der Waals surface area contributed by atoms with E-state index in [2.05, 4.69) is 5.32 Å². The first-order chi connectivity index (χ1) is 9.97. The van der Waals surface area contributed by atoms with Crippen molar-refractivity contribution in [2.45, 2.75) is 0 Å². The summed E-state index contributed by atoms with van der Waals surface area (Å²) < 4.78 is 5.01. The summed E-state index contributed by atoms with van der Waals surface area (Å²) in [7, 11) is 1.49. The van der Waals surface area contributed by atoms with E-state index in [1.54, 1.807) is 24.3 Å². The first-order valence-electron chi connectivity index (χ1n) is 6.02. The van der Waals surface area contributed by atoms with Crippen molar-refractivity contribution >= 4 is 40.7 Å². The number of para-hydroxylation sites is 1. The third kappa shape index (κ3) is 4.00. The monoisotopic (exact) mass is 326 g/mol. The maximum atomic E-state index is 12.0. The second-order valence-electron chi connectivity index (χ2n) is 4.29. The van der Waals surface area contributed by atoms with Crippen LogP contribution in [0.4, 0.5) is 5.69 Å². The van der Waals surface area contributed by atoms with Crippen molar-refractivity contribution in [2.75, 3.05) is 18.9 Å². The number of furan rings is 1. The van der Waals surface area contributed by atoms with Crippen molar-refractivity contribution in [1.82, 2.24) is 4.90 Å². The molecule has 1 aromatic carbocycles. The predicted octanol–water partition coefficient (Wildman–Crippen LogP) is 3.30. The van der Waals surface area contributed by atoms with Crippen LogP contribution in [0.2, 0.25) is 10.2 Å². The Labute approximate surface area is 131 Å². The smallest absolute Gasteiger partial charge is 0.289 e. The molecule has 2 aromatic rings. The van der Waals surface area contributed by atoms with Crippen LogP contribution >= 0.6 is 23.2 Å². The molecule has 1 N–H and O–H groups in total. The van der Waals surface area contributed by atoms with Crippen molar-refractivity contribution in [3.8, 4) is 0 Å². The van der Waals surface area contributed by atoms with Crippen molar-refractivity contribution in [1.29, 1.82) is 0 Å². The molecule has 5 nitrogen and oxygen atoms in total. The van der Waals surface area contributed by atoms with Gasteiger partial charge in [0.2, 0.25) is 5.91 Å². The fourth-order valence-corrected chi connectivity index (χ4v) is 1.99. The molecular formula is C14H12Cl2N2O3. The van der Waals surface area contributed by atoms with Gasteiger partial charge in [-0.05, 0) is 35.9 Å². The SMILES string of the molecule is CN(CC(=O)Nc1ccccc1Cl)C(=O)c1ccc(Cl)o1. The van der Waals surface area contributed by atoms with Gasteiger partial charge in [0.1, 0.15) is 0 Å². The molecule has 1 heterocycles. The zero-order chi connectivity index (χ0) is 15.4. The molecule has 2 amide bonds. The average molecular weight is 327 g/mol. The fraction of sp³-hybridized carbons (Fsp3) is 0.143. The highest BCUT2D eigenvalue weighted by Gasteiger charge is 2.18. The summed E-state index contributed by atoms with van der Waals surface area (Å²) in [5, 5.41) is 3.18. The molecular weight excluding hydrogens is 315 g/mol. The average Bonchev–Trinajstić information content (AvgIpc) is 2.87. The van der Waals surface area contributed by atoms with Gasteiger partial charge in [-0.25, -0.2) is 0 Å². The van der Waals surface area contributed by atoms with Crippen LogP contribution in [0, 0.1) is 0 Å². The summed E-state index contributed by atoms with van der Waals surface area (Å²) in [5.41, 5.74) is 0.492. The number of nitrogens with zero attached hydrogens (tertiary/aromatic N) is 1. The second-order valence-corrected chi connectivity index (χ2v) is 5.07. The summed E-state index contributed by atoms with van der Waals surface area (Å²) in [5.74, 6) is -0.721. The van der Waals surface area contributed by atoms with Crippen molar-refractivity contribution in [3.63, 3.8) is 0 Å². The number of benzene rings is 1. The largest absolute Gasteiger partial charge is 0.440 e. The Morgan fingerprint density at radius 3 is 2.52 bits per heavy atom. The lowest BCUT2D eigenvalue weighted by molar-refractivity contribution is -0.116. The van der Waals surface area contributed by atoms with Crippen LogP contribution in [-0.4, -0.2) is 30.3 Å². The number of carbonyl (C=O) groups excluding carboxylic acids is 2. The summed E-state index contributed by atoms with van der Waals surface area (Å²) in [6, 6.07) is 9.76. The van der Waals surface area contributed by atoms with Gasteiger partial charge in [0.15, 0.2) is 11.0 Å². The number of rotatable bonds is 4. The Morgan fingerprint density at radius 1 is 1.19 bits per heavy atom. The normalized spacial score (nSPS) is 10.2. The van der Waals surface area contributed by atoms with E-state index < -0.39 is 5.91 Å².